The molecule has 2 N–H and O–H groups in total. The molecule has 5 nitrogen and oxygen atoms in total. The lowest BCUT2D eigenvalue weighted by Crippen LogP contribution is -1.99. The highest BCUT2D eigenvalue weighted by Crippen LogP contribution is 2.20. The van der Waals surface area contributed by atoms with Gasteiger partial charge in [-0.15, -0.1) is 0 Å². The molecule has 0 radical (unpaired) electrons. The Bertz CT molecular complexity index is 480. The van der Waals surface area contributed by atoms with E-state index in [1.54, 1.807) is 7.11 Å². The van der Waals surface area contributed by atoms with E-state index in [9.17, 15) is 0 Å². The van der Waals surface area contributed by atoms with Crippen LogP contribution in [0.5, 0.6) is 5.75 Å². The van der Waals surface area contributed by atoms with E-state index in [0.29, 0.717) is 5.82 Å². The molecule has 1 aromatic heterocycles. The third kappa shape index (κ3) is 2.20. The fourth-order valence-corrected chi connectivity index (χ4v) is 1.40. The van der Waals surface area contributed by atoms with Crippen molar-refractivity contribution < 1.29 is 4.74 Å². The van der Waals surface area contributed by atoms with Crippen LogP contribution in [-0.4, -0.2) is 22.1 Å². The Labute approximate surface area is 97.3 Å². The van der Waals surface area contributed by atoms with Gasteiger partial charge in [-0.3, -0.25) is 0 Å². The predicted octanol–water partition coefficient (Wildman–Crippen LogP) is 1.78. The van der Waals surface area contributed by atoms with Crippen molar-refractivity contribution in [3.8, 4) is 17.1 Å². The number of ether oxygens (including phenoxy) is 1. The summed E-state index contributed by atoms with van der Waals surface area (Å²) in [5.74, 6) is 1.31. The van der Waals surface area contributed by atoms with Gasteiger partial charge in [0.1, 0.15) is 5.75 Å². The van der Waals surface area contributed by atoms with Crippen molar-refractivity contribution in [2.24, 2.45) is 0 Å². The highest BCUT2D eigenvalue weighted by molar-refractivity contribution is 6.28. The summed E-state index contributed by atoms with van der Waals surface area (Å²) in [6.07, 6.45) is 0. The third-order valence-corrected chi connectivity index (χ3v) is 2.14. The van der Waals surface area contributed by atoms with Gasteiger partial charge in [-0.1, -0.05) is 0 Å². The summed E-state index contributed by atoms with van der Waals surface area (Å²) in [6, 6.07) is 7.26. The second-order valence-corrected chi connectivity index (χ2v) is 3.35. The molecule has 1 heterocycles. The van der Waals surface area contributed by atoms with Gasteiger partial charge in [-0.25, -0.2) is 0 Å². The Morgan fingerprint density at radius 2 is 1.81 bits per heavy atom. The Kier molecular flexibility index (Phi) is 2.87. The van der Waals surface area contributed by atoms with Gasteiger partial charge in [0.25, 0.3) is 0 Å². The number of benzene rings is 1. The molecule has 0 saturated heterocycles. The lowest BCUT2D eigenvalue weighted by atomic mass is 10.2. The van der Waals surface area contributed by atoms with Gasteiger partial charge < -0.3 is 10.5 Å². The first-order valence-corrected chi connectivity index (χ1v) is 4.88. The van der Waals surface area contributed by atoms with Gasteiger partial charge >= 0.3 is 0 Å². The van der Waals surface area contributed by atoms with Crippen LogP contribution in [0.15, 0.2) is 24.3 Å². The minimum Gasteiger partial charge on any atom is -0.497 e. The molecule has 0 saturated carbocycles. The Hall–Kier alpha value is -1.88. The van der Waals surface area contributed by atoms with Crippen LogP contribution in [0.4, 0.5) is 5.95 Å². The maximum absolute atomic E-state index is 5.69. The first kappa shape index (κ1) is 10.6. The van der Waals surface area contributed by atoms with Gasteiger partial charge in [-0.05, 0) is 35.9 Å². The molecule has 0 aliphatic rings. The predicted molar refractivity (Wildman–Crippen MR) is 61.2 cm³/mol. The number of hydrogen-bond donors (Lipinski definition) is 1. The highest BCUT2D eigenvalue weighted by atomic mass is 35.5. The van der Waals surface area contributed by atoms with Crippen molar-refractivity contribution >= 4 is 17.5 Å². The Morgan fingerprint density at radius 1 is 1.12 bits per heavy atom. The fourth-order valence-electron chi connectivity index (χ4n) is 1.23. The minimum absolute atomic E-state index is 0.0818. The summed E-state index contributed by atoms with van der Waals surface area (Å²) in [7, 11) is 1.60. The lowest BCUT2D eigenvalue weighted by molar-refractivity contribution is 0.415. The molecular weight excluding hydrogens is 228 g/mol. The Balaban J connectivity index is 2.42. The van der Waals surface area contributed by atoms with Gasteiger partial charge in [-0.2, -0.15) is 15.0 Å². The molecule has 1 aromatic carbocycles. The summed E-state index contributed by atoms with van der Waals surface area (Å²) in [5, 5.41) is 0.0818. The summed E-state index contributed by atoms with van der Waals surface area (Å²) < 4.78 is 5.05. The average molecular weight is 237 g/mol. The van der Waals surface area contributed by atoms with Gasteiger partial charge in [0.05, 0.1) is 7.11 Å². The van der Waals surface area contributed by atoms with Crippen LogP contribution < -0.4 is 10.5 Å². The number of anilines is 1. The fraction of sp³-hybridized carbons (Fsp3) is 0.100. The summed E-state index contributed by atoms with van der Waals surface area (Å²) in [6.45, 7) is 0. The molecule has 16 heavy (non-hydrogen) atoms. The second kappa shape index (κ2) is 4.32. The topological polar surface area (TPSA) is 73.9 Å². The average Bonchev–Trinajstić information content (AvgIpc) is 2.28. The van der Waals surface area contributed by atoms with Gasteiger partial charge in [0.15, 0.2) is 5.82 Å². The first-order chi connectivity index (χ1) is 7.69. The number of methoxy groups -OCH3 is 1. The molecule has 6 heteroatoms. The highest BCUT2D eigenvalue weighted by Gasteiger charge is 2.05. The zero-order valence-electron chi connectivity index (χ0n) is 8.51. The van der Waals surface area contributed by atoms with E-state index in [2.05, 4.69) is 15.0 Å². The molecule has 0 aliphatic heterocycles. The molecule has 82 valence electrons. The number of nitrogens with two attached hydrogens (primary N) is 1. The molecule has 2 rings (SSSR count). The number of aromatic nitrogens is 3. The maximum Gasteiger partial charge on any atom is 0.227 e. The normalized spacial score (nSPS) is 10.1. The number of rotatable bonds is 2. The van der Waals surface area contributed by atoms with Crippen molar-refractivity contribution in [3.05, 3.63) is 29.5 Å². The van der Waals surface area contributed by atoms with Crippen molar-refractivity contribution in [3.63, 3.8) is 0 Å². The standard InChI is InChI=1S/C10H9ClN4O/c1-16-7-4-2-6(3-5-7)8-13-9(11)15-10(12)14-8/h2-5H,1H3,(H2,12,13,14,15). The molecule has 0 spiro atoms. The van der Waals surface area contributed by atoms with E-state index in [4.69, 9.17) is 22.1 Å². The molecule has 0 fully saturated rings. The van der Waals surface area contributed by atoms with Crippen molar-refractivity contribution in [1.82, 2.24) is 15.0 Å². The number of halogens is 1. The van der Waals surface area contributed by atoms with Crippen LogP contribution >= 0.6 is 11.6 Å². The summed E-state index contributed by atoms with van der Waals surface area (Å²) in [5.41, 5.74) is 6.28. The van der Waals surface area contributed by atoms with E-state index in [0.717, 1.165) is 11.3 Å². The number of nitrogens with zero attached hydrogens (tertiary/aromatic N) is 3. The smallest absolute Gasteiger partial charge is 0.227 e. The molecule has 0 amide bonds. The third-order valence-electron chi connectivity index (χ3n) is 1.97. The second-order valence-electron chi connectivity index (χ2n) is 3.01. The van der Waals surface area contributed by atoms with E-state index < -0.39 is 0 Å². The molecule has 0 atom stereocenters. The monoisotopic (exact) mass is 236 g/mol. The molecular formula is C10H9ClN4O. The van der Waals surface area contributed by atoms with E-state index in [-0.39, 0.29) is 11.2 Å². The van der Waals surface area contributed by atoms with Crippen molar-refractivity contribution in [2.45, 2.75) is 0 Å². The number of nitrogen functional groups attached to an aromatic ring is 1. The van der Waals surface area contributed by atoms with Crippen LogP contribution in [0, 0.1) is 0 Å². The van der Waals surface area contributed by atoms with Crippen LogP contribution in [-0.2, 0) is 0 Å². The SMILES string of the molecule is COc1ccc(-c2nc(N)nc(Cl)n2)cc1. The van der Waals surface area contributed by atoms with Crippen molar-refractivity contribution in [1.29, 1.82) is 0 Å². The molecule has 0 bridgehead atoms. The van der Waals surface area contributed by atoms with Crippen LogP contribution in [0.3, 0.4) is 0 Å². The van der Waals surface area contributed by atoms with Crippen LogP contribution in [0.25, 0.3) is 11.4 Å². The Morgan fingerprint density at radius 3 is 2.38 bits per heavy atom. The van der Waals surface area contributed by atoms with Crippen molar-refractivity contribution in [2.75, 3.05) is 12.8 Å². The largest absolute Gasteiger partial charge is 0.497 e. The zero-order valence-corrected chi connectivity index (χ0v) is 9.27. The van der Waals surface area contributed by atoms with Gasteiger partial charge in [0, 0.05) is 5.56 Å². The van der Waals surface area contributed by atoms with Gasteiger partial charge in [0.2, 0.25) is 11.2 Å². The summed E-state index contributed by atoms with van der Waals surface area (Å²) in [4.78, 5) is 11.7. The van der Waals surface area contributed by atoms with Crippen LogP contribution in [0.1, 0.15) is 0 Å². The van der Waals surface area contributed by atoms with E-state index in [1.807, 2.05) is 24.3 Å². The molecule has 0 unspecified atom stereocenters. The maximum atomic E-state index is 5.69. The molecule has 2 aromatic rings. The zero-order chi connectivity index (χ0) is 11.5. The lowest BCUT2D eigenvalue weighted by Gasteiger charge is -2.03. The first-order valence-electron chi connectivity index (χ1n) is 4.50. The van der Waals surface area contributed by atoms with E-state index in [1.165, 1.54) is 0 Å². The molecule has 0 aliphatic carbocycles. The van der Waals surface area contributed by atoms with Crippen LogP contribution in [0.2, 0.25) is 5.28 Å². The van der Waals surface area contributed by atoms with E-state index >= 15 is 0 Å². The quantitative estimate of drug-likeness (QED) is 0.860. The number of hydrogen-bond acceptors (Lipinski definition) is 5. The summed E-state index contributed by atoms with van der Waals surface area (Å²) >= 11 is 5.69. The minimum atomic E-state index is 0.0818.